The molecule has 7 heteroatoms. The molecule has 0 aliphatic heterocycles. The first-order valence-electron chi connectivity index (χ1n) is 5.84. The van der Waals surface area contributed by atoms with Crippen molar-refractivity contribution in [3.05, 3.63) is 23.8 Å². The fourth-order valence-electron chi connectivity index (χ4n) is 1.36. The Bertz CT molecular complexity index is 515. The van der Waals surface area contributed by atoms with Crippen molar-refractivity contribution in [2.75, 3.05) is 14.2 Å². The van der Waals surface area contributed by atoms with Gasteiger partial charge in [0.15, 0.2) is 12.4 Å². The van der Waals surface area contributed by atoms with E-state index in [2.05, 4.69) is 10.6 Å². The first kappa shape index (κ1) is 15.5. The summed E-state index contributed by atoms with van der Waals surface area (Å²) in [5.41, 5.74) is 0.283. The monoisotopic (exact) mass is 280 g/mol. The van der Waals surface area contributed by atoms with Gasteiger partial charge in [-0.2, -0.15) is 0 Å². The minimum Gasteiger partial charge on any atom is -0.497 e. The van der Waals surface area contributed by atoms with Gasteiger partial charge in [0, 0.05) is 13.1 Å². The van der Waals surface area contributed by atoms with E-state index in [4.69, 9.17) is 9.47 Å². The standard InChI is InChI=1S/C13H16N2O5/c1-8(12(17)15-13(18)14-2)20-11-6-10(19-3)5-4-9(11)7-16/h4-8H,1-3H3,(H2,14,15,17,18). The van der Waals surface area contributed by atoms with Gasteiger partial charge in [-0.1, -0.05) is 0 Å². The smallest absolute Gasteiger partial charge is 0.321 e. The summed E-state index contributed by atoms with van der Waals surface area (Å²) in [6.07, 6.45) is -0.337. The number of aldehydes is 1. The van der Waals surface area contributed by atoms with Gasteiger partial charge in [-0.15, -0.1) is 0 Å². The summed E-state index contributed by atoms with van der Waals surface area (Å²) < 4.78 is 10.4. The second kappa shape index (κ2) is 7.13. The molecular formula is C13H16N2O5. The number of carbonyl (C=O) groups is 3. The molecule has 108 valence electrons. The van der Waals surface area contributed by atoms with E-state index >= 15 is 0 Å². The van der Waals surface area contributed by atoms with Gasteiger partial charge in [0.05, 0.1) is 12.7 Å². The molecule has 1 aromatic carbocycles. The Balaban J connectivity index is 2.83. The molecular weight excluding hydrogens is 264 g/mol. The average molecular weight is 280 g/mol. The highest BCUT2D eigenvalue weighted by Crippen LogP contribution is 2.24. The van der Waals surface area contributed by atoms with Crippen molar-refractivity contribution in [3.63, 3.8) is 0 Å². The highest BCUT2D eigenvalue weighted by atomic mass is 16.5. The van der Waals surface area contributed by atoms with Gasteiger partial charge in [0.1, 0.15) is 11.5 Å². The number of ether oxygens (including phenoxy) is 2. The number of methoxy groups -OCH3 is 1. The van der Waals surface area contributed by atoms with Crippen molar-refractivity contribution < 1.29 is 23.9 Å². The molecule has 0 saturated heterocycles. The number of carbonyl (C=O) groups excluding carboxylic acids is 3. The summed E-state index contributed by atoms with van der Waals surface area (Å²) >= 11 is 0. The average Bonchev–Trinajstić information content (AvgIpc) is 2.46. The van der Waals surface area contributed by atoms with Gasteiger partial charge in [-0.05, 0) is 19.1 Å². The molecule has 0 aliphatic carbocycles. The fraction of sp³-hybridized carbons (Fsp3) is 0.308. The van der Waals surface area contributed by atoms with E-state index in [1.165, 1.54) is 33.2 Å². The highest BCUT2D eigenvalue weighted by molar-refractivity contribution is 5.96. The zero-order chi connectivity index (χ0) is 15.1. The Morgan fingerprint density at radius 3 is 2.60 bits per heavy atom. The molecule has 0 bridgehead atoms. The van der Waals surface area contributed by atoms with Crippen molar-refractivity contribution in [2.45, 2.75) is 13.0 Å². The molecule has 0 heterocycles. The van der Waals surface area contributed by atoms with Crippen LogP contribution in [-0.4, -0.2) is 38.5 Å². The van der Waals surface area contributed by atoms with Crippen LogP contribution < -0.4 is 20.1 Å². The van der Waals surface area contributed by atoms with Crippen LogP contribution in [0.5, 0.6) is 11.5 Å². The molecule has 20 heavy (non-hydrogen) atoms. The predicted molar refractivity (Wildman–Crippen MR) is 71.1 cm³/mol. The molecule has 7 nitrogen and oxygen atoms in total. The molecule has 0 fully saturated rings. The van der Waals surface area contributed by atoms with Crippen LogP contribution in [0.15, 0.2) is 18.2 Å². The number of hydrogen-bond donors (Lipinski definition) is 2. The lowest BCUT2D eigenvalue weighted by Gasteiger charge is -2.15. The summed E-state index contributed by atoms with van der Waals surface area (Å²) in [6, 6.07) is 3.98. The predicted octanol–water partition coefficient (Wildman–Crippen LogP) is 0.731. The van der Waals surface area contributed by atoms with Gasteiger partial charge in [-0.25, -0.2) is 4.79 Å². The number of hydrogen-bond acceptors (Lipinski definition) is 5. The maximum Gasteiger partial charge on any atom is 0.321 e. The third-order valence-electron chi connectivity index (χ3n) is 2.48. The molecule has 0 radical (unpaired) electrons. The third kappa shape index (κ3) is 3.98. The Labute approximate surface area is 116 Å². The minimum atomic E-state index is -0.946. The lowest BCUT2D eigenvalue weighted by Crippen LogP contribution is -2.44. The molecule has 1 aromatic rings. The molecule has 3 amide bonds. The number of rotatable bonds is 5. The quantitative estimate of drug-likeness (QED) is 0.775. The Kier molecular flexibility index (Phi) is 5.52. The van der Waals surface area contributed by atoms with E-state index in [0.717, 1.165) is 0 Å². The van der Waals surface area contributed by atoms with E-state index < -0.39 is 18.0 Å². The first-order chi connectivity index (χ1) is 9.51. The van der Waals surface area contributed by atoms with Crippen LogP contribution in [0.1, 0.15) is 17.3 Å². The van der Waals surface area contributed by atoms with Gasteiger partial charge < -0.3 is 14.8 Å². The normalized spacial score (nSPS) is 11.2. The molecule has 0 aromatic heterocycles. The van der Waals surface area contributed by atoms with Crippen molar-refractivity contribution in [1.29, 1.82) is 0 Å². The maximum absolute atomic E-state index is 11.7. The van der Waals surface area contributed by atoms with Gasteiger partial charge >= 0.3 is 6.03 Å². The van der Waals surface area contributed by atoms with E-state index in [0.29, 0.717) is 12.0 Å². The molecule has 1 unspecified atom stereocenters. The second-order valence-corrected chi connectivity index (χ2v) is 3.85. The Morgan fingerprint density at radius 1 is 1.35 bits per heavy atom. The Hall–Kier alpha value is -2.57. The zero-order valence-electron chi connectivity index (χ0n) is 11.4. The molecule has 0 aliphatic rings. The van der Waals surface area contributed by atoms with Crippen LogP contribution in [0.3, 0.4) is 0 Å². The van der Waals surface area contributed by atoms with E-state index in [1.807, 2.05) is 0 Å². The van der Waals surface area contributed by atoms with Crippen LogP contribution in [0.2, 0.25) is 0 Å². The summed E-state index contributed by atoms with van der Waals surface area (Å²) in [7, 11) is 2.86. The van der Waals surface area contributed by atoms with Crippen LogP contribution in [0.25, 0.3) is 0 Å². The van der Waals surface area contributed by atoms with Crippen molar-refractivity contribution in [3.8, 4) is 11.5 Å². The Morgan fingerprint density at radius 2 is 2.05 bits per heavy atom. The zero-order valence-corrected chi connectivity index (χ0v) is 11.4. The molecule has 0 spiro atoms. The number of benzene rings is 1. The van der Waals surface area contributed by atoms with E-state index in [9.17, 15) is 14.4 Å². The van der Waals surface area contributed by atoms with Crippen LogP contribution in [0.4, 0.5) is 4.79 Å². The van der Waals surface area contributed by atoms with Crippen LogP contribution >= 0.6 is 0 Å². The van der Waals surface area contributed by atoms with Crippen molar-refractivity contribution in [2.24, 2.45) is 0 Å². The summed E-state index contributed by atoms with van der Waals surface area (Å²) in [4.78, 5) is 33.6. The third-order valence-corrected chi connectivity index (χ3v) is 2.48. The van der Waals surface area contributed by atoms with Crippen molar-refractivity contribution >= 4 is 18.2 Å². The topological polar surface area (TPSA) is 93.7 Å². The summed E-state index contributed by atoms with van der Waals surface area (Å²) in [6.45, 7) is 1.46. The maximum atomic E-state index is 11.7. The van der Waals surface area contributed by atoms with E-state index in [1.54, 1.807) is 6.07 Å². The van der Waals surface area contributed by atoms with Gasteiger partial charge in [0.25, 0.3) is 5.91 Å². The summed E-state index contributed by atoms with van der Waals surface area (Å²) in [5.74, 6) is 0.0763. The minimum absolute atomic E-state index is 0.207. The summed E-state index contributed by atoms with van der Waals surface area (Å²) in [5, 5.41) is 4.33. The lowest BCUT2D eigenvalue weighted by atomic mass is 10.2. The van der Waals surface area contributed by atoms with Gasteiger partial charge in [-0.3, -0.25) is 14.9 Å². The highest BCUT2D eigenvalue weighted by Gasteiger charge is 2.18. The van der Waals surface area contributed by atoms with Crippen molar-refractivity contribution in [1.82, 2.24) is 10.6 Å². The van der Waals surface area contributed by atoms with Crippen LogP contribution in [-0.2, 0) is 4.79 Å². The second-order valence-electron chi connectivity index (χ2n) is 3.85. The lowest BCUT2D eigenvalue weighted by molar-refractivity contribution is -0.126. The molecule has 0 saturated carbocycles. The van der Waals surface area contributed by atoms with E-state index in [-0.39, 0.29) is 11.3 Å². The number of imide groups is 1. The molecule has 2 N–H and O–H groups in total. The number of nitrogens with one attached hydrogen (secondary N) is 2. The van der Waals surface area contributed by atoms with Gasteiger partial charge in [0.2, 0.25) is 0 Å². The van der Waals surface area contributed by atoms with Crippen LogP contribution in [0, 0.1) is 0 Å². The first-order valence-corrected chi connectivity index (χ1v) is 5.84. The molecule has 1 rings (SSSR count). The fourth-order valence-corrected chi connectivity index (χ4v) is 1.36. The molecule has 1 atom stereocenters. The SMILES string of the molecule is CNC(=O)NC(=O)C(C)Oc1cc(OC)ccc1C=O. The number of urea groups is 1. The largest absolute Gasteiger partial charge is 0.497 e. The number of amides is 3.